The van der Waals surface area contributed by atoms with E-state index in [0.717, 1.165) is 82.3 Å². The van der Waals surface area contributed by atoms with Gasteiger partial charge in [0.2, 0.25) is 11.8 Å². The average molecular weight is 609 g/mol. The van der Waals surface area contributed by atoms with Crippen LogP contribution in [-0.4, -0.2) is 62.5 Å². The lowest BCUT2D eigenvalue weighted by Gasteiger charge is -2.38. The minimum atomic E-state index is -3.23. The molecule has 7 nitrogen and oxygen atoms in total. The molecule has 1 saturated carbocycles. The van der Waals surface area contributed by atoms with Crippen molar-refractivity contribution in [1.29, 1.82) is 0 Å². The standard InChI is InChI=1S/C30H38ClN3O4S.ClH/c1-39(37,38)26-10-8-22(9-11-26)21-34-19-15-30(29(34)36)13-17-33(18-14-30)16-12-27(24-6-3-7-25(31)20-24)32-28(35)23-4-2-5-23;/h3,6-11,20,23,27H,2,4-5,12-19,21H2,1H3,(H,32,35);1H. The highest BCUT2D eigenvalue weighted by Gasteiger charge is 2.47. The third kappa shape index (κ3) is 7.01. The zero-order valence-electron chi connectivity index (χ0n) is 23.0. The van der Waals surface area contributed by atoms with E-state index in [4.69, 9.17) is 11.6 Å². The van der Waals surface area contributed by atoms with Crippen LogP contribution >= 0.6 is 24.0 Å². The first-order valence-electron chi connectivity index (χ1n) is 14.0. The maximum atomic E-state index is 13.5. The van der Waals surface area contributed by atoms with E-state index in [1.54, 1.807) is 24.3 Å². The van der Waals surface area contributed by atoms with Crippen LogP contribution in [0.3, 0.4) is 0 Å². The molecule has 2 heterocycles. The maximum Gasteiger partial charge on any atom is 0.229 e. The lowest BCUT2D eigenvalue weighted by atomic mass is 9.77. The molecule has 1 unspecified atom stereocenters. The van der Waals surface area contributed by atoms with Crippen molar-refractivity contribution in [3.63, 3.8) is 0 Å². The lowest BCUT2D eigenvalue weighted by molar-refractivity contribution is -0.139. The molecule has 1 atom stereocenters. The number of piperidine rings is 1. The second kappa shape index (κ2) is 12.8. The Labute approximate surface area is 249 Å². The van der Waals surface area contributed by atoms with Crippen LogP contribution in [0.15, 0.2) is 53.4 Å². The summed E-state index contributed by atoms with van der Waals surface area (Å²) in [5, 5.41) is 3.95. The number of benzene rings is 2. The first-order valence-corrected chi connectivity index (χ1v) is 16.3. The van der Waals surface area contributed by atoms with E-state index in [1.165, 1.54) is 6.26 Å². The van der Waals surface area contributed by atoms with Crippen molar-refractivity contribution >= 4 is 45.7 Å². The van der Waals surface area contributed by atoms with Gasteiger partial charge in [0.25, 0.3) is 0 Å². The molecule has 0 radical (unpaired) electrons. The number of halogens is 2. The monoisotopic (exact) mass is 607 g/mol. The third-order valence-corrected chi connectivity index (χ3v) is 10.3. The summed E-state index contributed by atoms with van der Waals surface area (Å²) in [5.41, 5.74) is 1.68. The molecule has 3 fully saturated rings. The summed E-state index contributed by atoms with van der Waals surface area (Å²) in [5.74, 6) is 0.501. The fraction of sp³-hybridized carbons (Fsp3) is 0.533. The zero-order chi connectivity index (χ0) is 27.6. The second-order valence-electron chi connectivity index (χ2n) is 11.5. The number of hydrogen-bond donors (Lipinski definition) is 1. The van der Waals surface area contributed by atoms with Gasteiger partial charge in [0.1, 0.15) is 0 Å². The van der Waals surface area contributed by atoms with Gasteiger partial charge in [-0.25, -0.2) is 8.42 Å². The number of nitrogens with one attached hydrogen (secondary N) is 1. The van der Waals surface area contributed by atoms with Crippen molar-refractivity contribution in [3.05, 3.63) is 64.7 Å². The summed E-state index contributed by atoms with van der Waals surface area (Å²) in [6.07, 6.45) is 7.61. The number of carbonyl (C=O) groups excluding carboxylic acids is 2. The summed E-state index contributed by atoms with van der Waals surface area (Å²) >= 11 is 6.26. The molecule has 1 spiro atoms. The summed E-state index contributed by atoms with van der Waals surface area (Å²) in [4.78, 5) is 30.9. The first kappa shape index (κ1) is 30.8. The molecule has 1 N–H and O–H groups in total. The largest absolute Gasteiger partial charge is 0.349 e. The van der Waals surface area contributed by atoms with Crippen LogP contribution in [0.5, 0.6) is 0 Å². The molecule has 218 valence electrons. The van der Waals surface area contributed by atoms with Crippen LogP contribution in [0.1, 0.15) is 62.1 Å². The minimum absolute atomic E-state index is 0. The van der Waals surface area contributed by atoms with Gasteiger partial charge in [-0.15, -0.1) is 12.4 Å². The van der Waals surface area contributed by atoms with Crippen molar-refractivity contribution in [1.82, 2.24) is 15.1 Å². The van der Waals surface area contributed by atoms with E-state index in [1.807, 2.05) is 29.2 Å². The quantitative estimate of drug-likeness (QED) is 0.432. The molecule has 40 heavy (non-hydrogen) atoms. The number of rotatable bonds is 9. The van der Waals surface area contributed by atoms with Crippen LogP contribution in [0.25, 0.3) is 0 Å². The number of hydrogen-bond acceptors (Lipinski definition) is 5. The lowest BCUT2D eigenvalue weighted by Crippen LogP contribution is -2.45. The Hall–Kier alpha value is -2.13. The average Bonchev–Trinajstić information content (AvgIpc) is 3.16. The summed E-state index contributed by atoms with van der Waals surface area (Å²) < 4.78 is 23.5. The van der Waals surface area contributed by atoms with Crippen LogP contribution in [0, 0.1) is 11.3 Å². The SMILES string of the molecule is CS(=O)(=O)c1ccc(CN2CCC3(CCN(CCC(NC(=O)C4CCC4)c4cccc(Cl)c4)CC3)C2=O)cc1.Cl. The fourth-order valence-electron chi connectivity index (χ4n) is 6.09. The van der Waals surface area contributed by atoms with Gasteiger partial charge in [-0.1, -0.05) is 42.3 Å². The van der Waals surface area contributed by atoms with Crippen molar-refractivity contribution < 1.29 is 18.0 Å². The molecule has 1 aliphatic carbocycles. The van der Waals surface area contributed by atoms with Gasteiger partial charge < -0.3 is 15.1 Å². The van der Waals surface area contributed by atoms with Gasteiger partial charge >= 0.3 is 0 Å². The van der Waals surface area contributed by atoms with E-state index in [-0.39, 0.29) is 41.6 Å². The molecular formula is C30H39Cl2N3O4S. The van der Waals surface area contributed by atoms with Crippen LogP contribution in [0.2, 0.25) is 5.02 Å². The molecule has 10 heteroatoms. The predicted octanol–water partition coefficient (Wildman–Crippen LogP) is 5.03. The van der Waals surface area contributed by atoms with Crippen molar-refractivity contribution in [3.8, 4) is 0 Å². The number of amides is 2. The normalized spacial score (nSPS) is 20.1. The van der Waals surface area contributed by atoms with Crippen molar-refractivity contribution in [2.45, 2.75) is 62.4 Å². The number of sulfone groups is 1. The summed E-state index contributed by atoms with van der Waals surface area (Å²) in [7, 11) is -3.23. The van der Waals surface area contributed by atoms with E-state index in [0.29, 0.717) is 16.5 Å². The van der Waals surface area contributed by atoms with Crippen LogP contribution < -0.4 is 5.32 Å². The van der Waals surface area contributed by atoms with Crippen LogP contribution in [0.4, 0.5) is 0 Å². The minimum Gasteiger partial charge on any atom is -0.349 e. The molecule has 0 aromatic heterocycles. The van der Waals surface area contributed by atoms with Gasteiger partial charge in [0, 0.05) is 36.8 Å². The van der Waals surface area contributed by atoms with E-state index < -0.39 is 9.84 Å². The molecule has 0 bridgehead atoms. The Morgan fingerprint density at radius 3 is 2.35 bits per heavy atom. The predicted molar refractivity (Wildman–Crippen MR) is 159 cm³/mol. The number of nitrogens with zero attached hydrogens (tertiary/aromatic N) is 2. The number of carbonyl (C=O) groups is 2. The van der Waals surface area contributed by atoms with E-state index in [9.17, 15) is 18.0 Å². The van der Waals surface area contributed by atoms with Crippen molar-refractivity contribution in [2.75, 3.05) is 32.4 Å². The Bertz CT molecular complexity index is 1310. The van der Waals surface area contributed by atoms with E-state index in [2.05, 4.69) is 10.2 Å². The van der Waals surface area contributed by atoms with Gasteiger partial charge in [-0.05, 0) is 87.0 Å². The highest BCUT2D eigenvalue weighted by Crippen LogP contribution is 2.42. The third-order valence-electron chi connectivity index (χ3n) is 8.92. The van der Waals surface area contributed by atoms with Gasteiger partial charge in [0.05, 0.1) is 16.4 Å². The zero-order valence-corrected chi connectivity index (χ0v) is 25.4. The highest BCUT2D eigenvalue weighted by molar-refractivity contribution is 7.90. The molecule has 2 aliphatic heterocycles. The highest BCUT2D eigenvalue weighted by atomic mass is 35.5. The molecular weight excluding hydrogens is 569 g/mol. The Balaban J connectivity index is 0.00000370. The molecule has 2 amide bonds. The molecule has 2 saturated heterocycles. The molecule has 3 aliphatic rings. The number of likely N-dealkylation sites (tertiary alicyclic amines) is 2. The molecule has 2 aromatic rings. The van der Waals surface area contributed by atoms with Gasteiger partial charge in [-0.2, -0.15) is 0 Å². The van der Waals surface area contributed by atoms with Crippen LogP contribution in [-0.2, 0) is 26.0 Å². The fourth-order valence-corrected chi connectivity index (χ4v) is 6.92. The van der Waals surface area contributed by atoms with Gasteiger partial charge in [-0.3, -0.25) is 9.59 Å². The van der Waals surface area contributed by atoms with Crippen molar-refractivity contribution in [2.24, 2.45) is 11.3 Å². The Morgan fingerprint density at radius 2 is 1.75 bits per heavy atom. The second-order valence-corrected chi connectivity index (χ2v) is 14.0. The molecule has 2 aromatic carbocycles. The summed E-state index contributed by atoms with van der Waals surface area (Å²) in [6.45, 7) is 3.82. The topological polar surface area (TPSA) is 86.8 Å². The first-order chi connectivity index (χ1) is 18.6. The summed E-state index contributed by atoms with van der Waals surface area (Å²) in [6, 6.07) is 14.5. The smallest absolute Gasteiger partial charge is 0.229 e. The Kier molecular flexibility index (Phi) is 9.87. The molecule has 5 rings (SSSR count). The van der Waals surface area contributed by atoms with Gasteiger partial charge in [0.15, 0.2) is 9.84 Å². The Morgan fingerprint density at radius 1 is 1.07 bits per heavy atom. The van der Waals surface area contributed by atoms with E-state index >= 15 is 0 Å². The maximum absolute atomic E-state index is 13.5.